The third-order valence-electron chi connectivity index (χ3n) is 5.47. The number of cyclic esters (lactones) is 1. The molecule has 0 aromatic heterocycles. The summed E-state index contributed by atoms with van der Waals surface area (Å²) in [6, 6.07) is 14.4. The van der Waals surface area contributed by atoms with Crippen molar-refractivity contribution in [3.05, 3.63) is 92.2 Å². The summed E-state index contributed by atoms with van der Waals surface area (Å²) in [4.78, 5) is 26.1. The van der Waals surface area contributed by atoms with Crippen LogP contribution >= 0.6 is 23.2 Å². The van der Waals surface area contributed by atoms with E-state index in [0.29, 0.717) is 44.6 Å². The maximum Gasteiger partial charge on any atom is 0.337 e. The van der Waals surface area contributed by atoms with Gasteiger partial charge in [0.05, 0.1) is 23.7 Å². The van der Waals surface area contributed by atoms with Gasteiger partial charge in [-0.1, -0.05) is 59.6 Å². The molecule has 160 valence electrons. The minimum atomic E-state index is -0.691. The second-order valence-electron chi connectivity index (χ2n) is 7.35. The van der Waals surface area contributed by atoms with E-state index in [-0.39, 0.29) is 6.61 Å². The lowest BCUT2D eigenvalue weighted by Gasteiger charge is -2.36. The zero-order valence-corrected chi connectivity index (χ0v) is 18.6. The minimum Gasteiger partial charge on any atom is -0.463 e. The molecule has 2 atom stereocenters. The fourth-order valence-corrected chi connectivity index (χ4v) is 4.63. The molecular weight excluding hydrogens is 437 g/mol. The van der Waals surface area contributed by atoms with Gasteiger partial charge in [-0.3, -0.25) is 0 Å². The van der Waals surface area contributed by atoms with Crippen molar-refractivity contribution in [2.24, 2.45) is 0 Å². The number of carbonyl (C=O) groups excluding carboxylic acids is 2. The molecule has 0 bridgehead atoms. The Balaban J connectivity index is 1.83. The summed E-state index contributed by atoms with van der Waals surface area (Å²) in [6.07, 6.45) is -0.129. The van der Waals surface area contributed by atoms with E-state index in [4.69, 9.17) is 32.7 Å². The average Bonchev–Trinajstić information content (AvgIpc) is 2.73. The normalized spacial score (nSPS) is 20.7. The summed E-state index contributed by atoms with van der Waals surface area (Å²) in [7, 11) is 0. The van der Waals surface area contributed by atoms with E-state index in [0.717, 1.165) is 5.56 Å². The van der Waals surface area contributed by atoms with E-state index >= 15 is 0 Å². The van der Waals surface area contributed by atoms with E-state index in [2.05, 4.69) is 5.32 Å². The summed E-state index contributed by atoms with van der Waals surface area (Å²) in [5.74, 6) is -1.70. The Labute approximate surface area is 190 Å². The highest BCUT2D eigenvalue weighted by molar-refractivity contribution is 6.32. The molecule has 0 aliphatic carbocycles. The van der Waals surface area contributed by atoms with Crippen LogP contribution < -0.4 is 5.32 Å². The number of nitrogens with one attached hydrogen (secondary N) is 1. The molecule has 2 aliphatic rings. The molecule has 2 unspecified atom stereocenters. The zero-order valence-electron chi connectivity index (χ0n) is 17.1. The summed E-state index contributed by atoms with van der Waals surface area (Å²) in [5, 5.41) is 4.23. The number of hydrogen-bond acceptors (Lipinski definition) is 5. The van der Waals surface area contributed by atoms with Gasteiger partial charge in [-0.25, -0.2) is 9.59 Å². The molecule has 0 saturated carbocycles. The van der Waals surface area contributed by atoms with Crippen LogP contribution in [0.2, 0.25) is 10.0 Å². The van der Waals surface area contributed by atoms with Gasteiger partial charge in [0, 0.05) is 33.4 Å². The van der Waals surface area contributed by atoms with Gasteiger partial charge in [-0.2, -0.15) is 0 Å². The monoisotopic (exact) mass is 457 g/mol. The molecule has 2 aliphatic heterocycles. The number of dihydropyridines is 1. The Morgan fingerprint density at radius 3 is 2.32 bits per heavy atom. The first-order valence-corrected chi connectivity index (χ1v) is 10.8. The second-order valence-corrected chi connectivity index (χ2v) is 8.16. The van der Waals surface area contributed by atoms with Crippen molar-refractivity contribution < 1.29 is 19.1 Å². The van der Waals surface area contributed by atoms with Crippen LogP contribution in [0.5, 0.6) is 0 Å². The van der Waals surface area contributed by atoms with Crippen LogP contribution in [0.1, 0.15) is 43.4 Å². The average molecular weight is 458 g/mol. The molecule has 31 heavy (non-hydrogen) atoms. The van der Waals surface area contributed by atoms with Crippen LogP contribution in [0.15, 0.2) is 71.1 Å². The molecule has 4 rings (SSSR count). The van der Waals surface area contributed by atoms with Crippen molar-refractivity contribution in [3.8, 4) is 0 Å². The molecule has 2 heterocycles. The molecule has 0 saturated heterocycles. The fraction of sp³-hybridized carbons (Fsp3) is 0.250. The van der Waals surface area contributed by atoms with Crippen LogP contribution in [-0.2, 0) is 19.1 Å². The van der Waals surface area contributed by atoms with Gasteiger partial charge < -0.3 is 14.8 Å². The first-order chi connectivity index (χ1) is 14.9. The van der Waals surface area contributed by atoms with Gasteiger partial charge >= 0.3 is 11.9 Å². The number of esters is 2. The van der Waals surface area contributed by atoms with Crippen LogP contribution in [0.3, 0.4) is 0 Å². The van der Waals surface area contributed by atoms with Crippen molar-refractivity contribution in [3.63, 3.8) is 0 Å². The molecule has 0 fully saturated rings. The van der Waals surface area contributed by atoms with E-state index in [9.17, 15) is 9.59 Å². The van der Waals surface area contributed by atoms with E-state index in [1.165, 1.54) is 0 Å². The van der Waals surface area contributed by atoms with Crippen molar-refractivity contribution in [1.29, 1.82) is 0 Å². The predicted molar refractivity (Wildman–Crippen MR) is 119 cm³/mol. The molecule has 2 aromatic carbocycles. The lowest BCUT2D eigenvalue weighted by molar-refractivity contribution is -0.146. The van der Waals surface area contributed by atoms with Crippen LogP contribution in [0.25, 0.3) is 0 Å². The summed E-state index contributed by atoms with van der Waals surface area (Å²) in [5.41, 5.74) is 3.41. The van der Waals surface area contributed by atoms with Crippen molar-refractivity contribution in [2.75, 3.05) is 6.61 Å². The Morgan fingerprint density at radius 2 is 1.71 bits per heavy atom. The van der Waals surface area contributed by atoms with Crippen molar-refractivity contribution >= 4 is 35.1 Å². The van der Waals surface area contributed by atoms with Gasteiger partial charge in [-0.15, -0.1) is 0 Å². The Morgan fingerprint density at radius 1 is 1.10 bits per heavy atom. The molecular formula is C24H21Cl2NO4. The molecule has 1 N–H and O–H groups in total. The van der Waals surface area contributed by atoms with E-state index in [1.807, 2.05) is 30.3 Å². The quantitative estimate of drug-likeness (QED) is 0.617. The zero-order chi connectivity index (χ0) is 22.1. The van der Waals surface area contributed by atoms with Gasteiger partial charge in [0.1, 0.15) is 6.10 Å². The van der Waals surface area contributed by atoms with E-state index in [1.54, 1.807) is 32.0 Å². The third-order valence-corrected chi connectivity index (χ3v) is 6.16. The summed E-state index contributed by atoms with van der Waals surface area (Å²) in [6.45, 7) is 3.75. The van der Waals surface area contributed by atoms with Gasteiger partial charge in [0.15, 0.2) is 0 Å². The number of rotatable bonds is 4. The first-order valence-electron chi connectivity index (χ1n) is 10.00. The minimum absolute atomic E-state index is 0.218. The number of halogens is 2. The summed E-state index contributed by atoms with van der Waals surface area (Å²) < 4.78 is 11.1. The molecule has 7 heteroatoms. The summed E-state index contributed by atoms with van der Waals surface area (Å²) >= 11 is 12.8. The molecule has 0 radical (unpaired) electrons. The van der Waals surface area contributed by atoms with Gasteiger partial charge in [0.2, 0.25) is 0 Å². The standard InChI is InChI=1S/C24H21Cl2NO4/c1-3-30-23(28)20-13(2)27-18-12-19(14-8-4-6-10-16(14)25)31-24(29)22(18)21(20)15-9-5-7-11-17(15)26/h4-11,19,21,27H,3,12H2,1-2H3. The van der Waals surface area contributed by atoms with Gasteiger partial charge in [-0.05, 0) is 31.5 Å². The SMILES string of the molecule is CCOC(=O)C1=C(C)NC2=C(C(=O)OC(c3ccccc3Cl)C2)C1c1ccccc1Cl. The largest absolute Gasteiger partial charge is 0.463 e. The lowest BCUT2D eigenvalue weighted by Crippen LogP contribution is -2.37. The van der Waals surface area contributed by atoms with Crippen molar-refractivity contribution in [1.82, 2.24) is 5.32 Å². The molecule has 2 aromatic rings. The molecule has 0 amide bonds. The van der Waals surface area contributed by atoms with Crippen molar-refractivity contribution in [2.45, 2.75) is 32.3 Å². The number of carbonyl (C=O) groups is 2. The number of benzene rings is 2. The molecule has 0 spiro atoms. The first kappa shape index (κ1) is 21.5. The Kier molecular flexibility index (Phi) is 6.08. The van der Waals surface area contributed by atoms with Crippen LogP contribution in [0, 0.1) is 0 Å². The highest BCUT2D eigenvalue weighted by Crippen LogP contribution is 2.46. The highest BCUT2D eigenvalue weighted by atomic mass is 35.5. The maximum absolute atomic E-state index is 13.3. The molecule has 5 nitrogen and oxygen atoms in total. The lowest BCUT2D eigenvalue weighted by atomic mass is 9.78. The topological polar surface area (TPSA) is 64.6 Å². The Bertz CT molecular complexity index is 1120. The Hall–Kier alpha value is -2.76. The number of hydrogen-bond donors (Lipinski definition) is 1. The number of ether oxygens (including phenoxy) is 2. The maximum atomic E-state index is 13.3. The van der Waals surface area contributed by atoms with Crippen LogP contribution in [0.4, 0.5) is 0 Å². The third kappa shape index (κ3) is 3.95. The van der Waals surface area contributed by atoms with Gasteiger partial charge in [0.25, 0.3) is 0 Å². The fourth-order valence-electron chi connectivity index (χ4n) is 4.13. The second kappa shape index (κ2) is 8.77. The smallest absolute Gasteiger partial charge is 0.337 e. The predicted octanol–water partition coefficient (Wildman–Crippen LogP) is 5.46. The highest BCUT2D eigenvalue weighted by Gasteiger charge is 2.43. The van der Waals surface area contributed by atoms with Crippen LogP contribution in [-0.4, -0.2) is 18.5 Å². The van der Waals surface area contributed by atoms with E-state index < -0.39 is 24.0 Å². The number of allylic oxidation sites excluding steroid dienone is 1.